The van der Waals surface area contributed by atoms with Gasteiger partial charge in [0.1, 0.15) is 5.02 Å². The molecule has 88 valence electrons. The van der Waals surface area contributed by atoms with Gasteiger partial charge in [-0.25, -0.2) is 9.78 Å². The number of carbonyl (C=O) groups excluding carboxylic acids is 1. The van der Waals surface area contributed by atoms with Crippen LogP contribution in [0.5, 0.6) is 0 Å². The first-order valence-corrected chi connectivity index (χ1v) is 5.79. The zero-order valence-electron chi connectivity index (χ0n) is 8.71. The van der Waals surface area contributed by atoms with Crippen molar-refractivity contribution in [1.29, 1.82) is 0 Å². The van der Waals surface area contributed by atoms with Gasteiger partial charge < -0.3 is 4.74 Å². The molecule has 2 aromatic rings. The van der Waals surface area contributed by atoms with Crippen LogP contribution in [0.4, 0.5) is 0 Å². The van der Waals surface area contributed by atoms with Gasteiger partial charge in [0.2, 0.25) is 0 Å². The number of ether oxygens (including phenoxy) is 1. The van der Waals surface area contributed by atoms with Crippen LogP contribution in [-0.2, 0) is 4.74 Å². The topological polar surface area (TPSA) is 61.2 Å². The maximum absolute atomic E-state index is 11.8. The van der Waals surface area contributed by atoms with Crippen molar-refractivity contribution in [2.75, 3.05) is 7.11 Å². The van der Waals surface area contributed by atoms with Crippen LogP contribution in [0, 0.1) is 0 Å². The molecule has 0 atom stereocenters. The van der Waals surface area contributed by atoms with Crippen LogP contribution < -0.4 is 5.56 Å². The number of methoxy groups -OCH3 is 1. The fourth-order valence-electron chi connectivity index (χ4n) is 1.25. The maximum Gasteiger partial charge on any atom is 0.339 e. The molecule has 0 saturated heterocycles. The van der Waals surface area contributed by atoms with Gasteiger partial charge in [0.25, 0.3) is 5.56 Å². The van der Waals surface area contributed by atoms with Gasteiger partial charge in [-0.2, -0.15) is 0 Å². The molecule has 0 amide bonds. The van der Waals surface area contributed by atoms with E-state index in [4.69, 9.17) is 11.6 Å². The zero-order chi connectivity index (χ0) is 12.4. The number of carbonyl (C=O) groups is 1. The highest BCUT2D eigenvalue weighted by Gasteiger charge is 2.13. The molecule has 2 aromatic heterocycles. The molecule has 5 nitrogen and oxygen atoms in total. The number of pyridine rings is 1. The van der Waals surface area contributed by atoms with E-state index in [-0.39, 0.29) is 10.6 Å². The molecule has 0 spiro atoms. The Balaban J connectivity index is 2.63. The Bertz CT molecular complexity index is 607. The third kappa shape index (κ3) is 2.22. The van der Waals surface area contributed by atoms with Crippen LogP contribution in [0.2, 0.25) is 5.02 Å². The Morgan fingerprint density at radius 3 is 2.94 bits per heavy atom. The molecular formula is C10H7ClN2O3S. The molecule has 0 aromatic carbocycles. The van der Waals surface area contributed by atoms with Crippen molar-refractivity contribution in [3.8, 4) is 5.13 Å². The monoisotopic (exact) mass is 270 g/mol. The van der Waals surface area contributed by atoms with Crippen molar-refractivity contribution >= 4 is 28.9 Å². The third-order valence-electron chi connectivity index (χ3n) is 2.02. The second-order valence-electron chi connectivity index (χ2n) is 3.06. The predicted molar refractivity (Wildman–Crippen MR) is 64.1 cm³/mol. The summed E-state index contributed by atoms with van der Waals surface area (Å²) in [5.41, 5.74) is -0.221. The highest BCUT2D eigenvalue weighted by atomic mass is 35.5. The van der Waals surface area contributed by atoms with Gasteiger partial charge in [-0.05, 0) is 6.07 Å². The number of aromatic nitrogens is 2. The number of esters is 1. The Labute approximate surface area is 105 Å². The number of hydrogen-bond acceptors (Lipinski definition) is 5. The van der Waals surface area contributed by atoms with Gasteiger partial charge in [-0.3, -0.25) is 9.36 Å². The van der Waals surface area contributed by atoms with Crippen molar-refractivity contribution in [1.82, 2.24) is 9.55 Å². The summed E-state index contributed by atoms with van der Waals surface area (Å²) in [7, 11) is 1.26. The fraction of sp³-hybridized carbons (Fsp3) is 0.100. The van der Waals surface area contributed by atoms with Crippen LogP contribution in [0.1, 0.15) is 10.4 Å². The lowest BCUT2D eigenvalue weighted by Gasteiger charge is -2.05. The molecule has 0 radical (unpaired) electrons. The van der Waals surface area contributed by atoms with Gasteiger partial charge in [0.05, 0.1) is 12.7 Å². The largest absolute Gasteiger partial charge is 0.465 e. The van der Waals surface area contributed by atoms with E-state index in [1.54, 1.807) is 11.6 Å². The summed E-state index contributed by atoms with van der Waals surface area (Å²) in [6.45, 7) is 0. The average Bonchev–Trinajstić information content (AvgIpc) is 2.85. The van der Waals surface area contributed by atoms with Crippen molar-refractivity contribution in [3.05, 3.63) is 44.8 Å². The quantitative estimate of drug-likeness (QED) is 0.780. The number of hydrogen-bond donors (Lipinski definition) is 0. The molecule has 0 fully saturated rings. The van der Waals surface area contributed by atoms with Gasteiger partial charge in [0, 0.05) is 17.8 Å². The van der Waals surface area contributed by atoms with E-state index in [1.165, 1.54) is 35.3 Å². The van der Waals surface area contributed by atoms with E-state index in [9.17, 15) is 9.59 Å². The van der Waals surface area contributed by atoms with Gasteiger partial charge in [0.15, 0.2) is 5.13 Å². The van der Waals surface area contributed by atoms with Gasteiger partial charge in [-0.15, -0.1) is 11.3 Å². The first-order chi connectivity index (χ1) is 8.13. The normalized spacial score (nSPS) is 10.2. The number of thiazole rings is 1. The molecular weight excluding hydrogens is 264 g/mol. The van der Waals surface area contributed by atoms with E-state index in [0.29, 0.717) is 5.13 Å². The first-order valence-electron chi connectivity index (χ1n) is 4.54. The molecule has 17 heavy (non-hydrogen) atoms. The van der Waals surface area contributed by atoms with Crippen molar-refractivity contribution in [2.24, 2.45) is 0 Å². The molecule has 0 unspecified atom stereocenters. The Morgan fingerprint density at radius 1 is 1.59 bits per heavy atom. The van der Waals surface area contributed by atoms with E-state index in [0.717, 1.165) is 0 Å². The summed E-state index contributed by atoms with van der Waals surface area (Å²) in [6, 6.07) is 1.28. The van der Waals surface area contributed by atoms with E-state index < -0.39 is 11.5 Å². The molecule has 0 N–H and O–H groups in total. The lowest BCUT2D eigenvalue weighted by atomic mass is 10.3. The summed E-state index contributed by atoms with van der Waals surface area (Å²) in [4.78, 5) is 27.1. The van der Waals surface area contributed by atoms with Crippen molar-refractivity contribution in [2.45, 2.75) is 0 Å². The van der Waals surface area contributed by atoms with E-state index in [1.807, 2.05) is 0 Å². The predicted octanol–water partition coefficient (Wildman–Crippen LogP) is 1.73. The minimum atomic E-state index is -0.558. The molecule has 0 aliphatic rings. The molecule has 0 saturated carbocycles. The van der Waals surface area contributed by atoms with Crippen molar-refractivity contribution in [3.63, 3.8) is 0 Å². The third-order valence-corrected chi connectivity index (χ3v) is 3.06. The maximum atomic E-state index is 11.8. The molecule has 2 rings (SSSR count). The second kappa shape index (κ2) is 4.68. The summed E-state index contributed by atoms with van der Waals surface area (Å²) in [6.07, 6.45) is 2.92. The molecule has 7 heteroatoms. The summed E-state index contributed by atoms with van der Waals surface area (Å²) in [5.74, 6) is -0.558. The summed E-state index contributed by atoms with van der Waals surface area (Å²) in [5, 5.41) is 2.12. The standard InChI is InChI=1S/C10H7ClN2O3S/c1-16-9(15)6-4-7(11)8(14)13(5-6)10-12-2-3-17-10/h2-5H,1H3. The Kier molecular flexibility index (Phi) is 3.26. The van der Waals surface area contributed by atoms with Crippen LogP contribution in [-0.4, -0.2) is 22.6 Å². The summed E-state index contributed by atoms with van der Waals surface area (Å²) >= 11 is 7.04. The van der Waals surface area contributed by atoms with Crippen LogP contribution >= 0.6 is 22.9 Å². The number of nitrogens with zero attached hydrogens (tertiary/aromatic N) is 2. The Hall–Kier alpha value is -1.66. The Morgan fingerprint density at radius 2 is 2.35 bits per heavy atom. The second-order valence-corrected chi connectivity index (χ2v) is 4.34. The average molecular weight is 271 g/mol. The minimum absolute atomic E-state index is 0.0527. The molecule has 2 heterocycles. The fourth-order valence-corrected chi connectivity index (χ4v) is 2.08. The molecule has 0 bridgehead atoms. The van der Waals surface area contributed by atoms with Crippen LogP contribution in [0.15, 0.2) is 28.6 Å². The highest BCUT2D eigenvalue weighted by Crippen LogP contribution is 2.13. The van der Waals surface area contributed by atoms with Crippen LogP contribution in [0.25, 0.3) is 5.13 Å². The SMILES string of the molecule is COC(=O)c1cc(Cl)c(=O)n(-c2nccs2)c1. The minimum Gasteiger partial charge on any atom is -0.465 e. The van der Waals surface area contributed by atoms with Crippen LogP contribution in [0.3, 0.4) is 0 Å². The smallest absolute Gasteiger partial charge is 0.339 e. The summed E-state index contributed by atoms with van der Waals surface area (Å²) < 4.78 is 5.80. The molecule has 0 aliphatic heterocycles. The first kappa shape index (κ1) is 11.8. The lowest BCUT2D eigenvalue weighted by Crippen LogP contribution is -2.20. The van der Waals surface area contributed by atoms with Gasteiger partial charge in [-0.1, -0.05) is 11.6 Å². The molecule has 0 aliphatic carbocycles. The highest BCUT2D eigenvalue weighted by molar-refractivity contribution is 7.12. The lowest BCUT2D eigenvalue weighted by molar-refractivity contribution is 0.0600. The van der Waals surface area contributed by atoms with Gasteiger partial charge >= 0.3 is 5.97 Å². The number of rotatable bonds is 2. The van der Waals surface area contributed by atoms with Crippen molar-refractivity contribution < 1.29 is 9.53 Å². The number of halogens is 1. The van der Waals surface area contributed by atoms with E-state index in [2.05, 4.69) is 9.72 Å². The van der Waals surface area contributed by atoms with E-state index >= 15 is 0 Å². The zero-order valence-corrected chi connectivity index (χ0v) is 10.3.